The Morgan fingerprint density at radius 3 is 2.87 bits per heavy atom. The maximum atomic E-state index is 11.5. The van der Waals surface area contributed by atoms with Crippen LogP contribution in [0.5, 0.6) is 0 Å². The van der Waals surface area contributed by atoms with Crippen LogP contribution in [-0.4, -0.2) is 32.7 Å². The van der Waals surface area contributed by atoms with Crippen molar-refractivity contribution >= 4 is 15.7 Å². The van der Waals surface area contributed by atoms with E-state index < -0.39 is 10.0 Å². The maximum Gasteiger partial charge on any atom is 0.232 e. The highest BCUT2D eigenvalue weighted by atomic mass is 32.2. The Bertz CT molecular complexity index is 378. The third kappa shape index (κ3) is 4.75. The average Bonchev–Trinajstić information content (AvgIpc) is 2.18. The van der Waals surface area contributed by atoms with E-state index in [1.807, 2.05) is 0 Å². The standard InChI is InChI=1S/C9H15N3O2S/c1-10-5-3-7-15(13,14)12-9-4-2-6-11-8-9/h2,4,6,8,10,12H,3,5,7H2,1H3. The van der Waals surface area contributed by atoms with Gasteiger partial charge in [0, 0.05) is 6.20 Å². The quantitative estimate of drug-likeness (QED) is 0.694. The zero-order chi connectivity index (χ0) is 11.1. The number of hydrogen-bond donors (Lipinski definition) is 2. The van der Waals surface area contributed by atoms with Crippen molar-refractivity contribution in [2.24, 2.45) is 0 Å². The van der Waals surface area contributed by atoms with E-state index in [-0.39, 0.29) is 5.75 Å². The first-order valence-electron chi connectivity index (χ1n) is 4.69. The van der Waals surface area contributed by atoms with Crippen molar-refractivity contribution in [2.45, 2.75) is 6.42 Å². The van der Waals surface area contributed by atoms with Gasteiger partial charge in [-0.25, -0.2) is 8.42 Å². The highest BCUT2D eigenvalue weighted by Gasteiger charge is 2.09. The predicted octanol–water partition coefficient (Wildman–Crippen LogP) is 0.433. The van der Waals surface area contributed by atoms with Crippen LogP contribution in [0.4, 0.5) is 5.69 Å². The van der Waals surface area contributed by atoms with Gasteiger partial charge in [0.2, 0.25) is 10.0 Å². The monoisotopic (exact) mass is 229 g/mol. The number of nitrogens with zero attached hydrogens (tertiary/aromatic N) is 1. The summed E-state index contributed by atoms with van der Waals surface area (Å²) >= 11 is 0. The number of rotatable bonds is 6. The summed E-state index contributed by atoms with van der Waals surface area (Å²) in [4.78, 5) is 3.83. The van der Waals surface area contributed by atoms with Crippen molar-refractivity contribution in [1.29, 1.82) is 0 Å². The van der Waals surface area contributed by atoms with Crippen molar-refractivity contribution in [3.63, 3.8) is 0 Å². The Morgan fingerprint density at radius 2 is 2.27 bits per heavy atom. The normalized spacial score (nSPS) is 11.3. The smallest absolute Gasteiger partial charge is 0.232 e. The van der Waals surface area contributed by atoms with E-state index in [0.29, 0.717) is 18.7 Å². The topological polar surface area (TPSA) is 71.1 Å². The molecule has 2 N–H and O–H groups in total. The molecule has 0 aliphatic rings. The molecular formula is C9H15N3O2S. The molecule has 0 saturated carbocycles. The van der Waals surface area contributed by atoms with E-state index in [1.54, 1.807) is 25.4 Å². The zero-order valence-corrected chi connectivity index (χ0v) is 9.42. The molecule has 0 fully saturated rings. The zero-order valence-electron chi connectivity index (χ0n) is 8.60. The second kappa shape index (κ2) is 5.67. The van der Waals surface area contributed by atoms with Gasteiger partial charge in [-0.2, -0.15) is 0 Å². The summed E-state index contributed by atoms with van der Waals surface area (Å²) < 4.78 is 25.5. The van der Waals surface area contributed by atoms with Gasteiger partial charge in [-0.15, -0.1) is 0 Å². The molecule has 0 atom stereocenters. The Hall–Kier alpha value is -1.14. The lowest BCUT2D eigenvalue weighted by Crippen LogP contribution is -2.20. The largest absolute Gasteiger partial charge is 0.320 e. The van der Waals surface area contributed by atoms with E-state index in [4.69, 9.17) is 0 Å². The van der Waals surface area contributed by atoms with E-state index in [2.05, 4.69) is 15.0 Å². The molecule has 0 aliphatic carbocycles. The molecule has 5 nitrogen and oxygen atoms in total. The van der Waals surface area contributed by atoms with Crippen LogP contribution in [0, 0.1) is 0 Å². The molecule has 6 heteroatoms. The minimum atomic E-state index is -3.24. The molecule has 0 radical (unpaired) electrons. The molecule has 1 aromatic rings. The summed E-state index contributed by atoms with van der Waals surface area (Å²) in [6.45, 7) is 0.688. The van der Waals surface area contributed by atoms with E-state index in [0.717, 1.165) is 0 Å². The first-order valence-corrected chi connectivity index (χ1v) is 6.34. The molecule has 15 heavy (non-hydrogen) atoms. The lowest BCUT2D eigenvalue weighted by atomic mass is 10.4. The maximum absolute atomic E-state index is 11.5. The van der Waals surface area contributed by atoms with Crippen molar-refractivity contribution in [2.75, 3.05) is 24.1 Å². The minimum Gasteiger partial charge on any atom is -0.320 e. The van der Waals surface area contributed by atoms with Crippen molar-refractivity contribution < 1.29 is 8.42 Å². The molecule has 0 spiro atoms. The second-order valence-corrected chi connectivity index (χ2v) is 4.96. The molecule has 0 amide bonds. The van der Waals surface area contributed by atoms with Crippen LogP contribution in [0.1, 0.15) is 6.42 Å². The van der Waals surface area contributed by atoms with Crippen LogP contribution in [0.3, 0.4) is 0 Å². The third-order valence-electron chi connectivity index (χ3n) is 1.77. The van der Waals surface area contributed by atoms with E-state index in [9.17, 15) is 8.42 Å². The molecule has 1 heterocycles. The summed E-state index contributed by atoms with van der Waals surface area (Å²) in [5.74, 6) is 0.114. The molecule has 84 valence electrons. The van der Waals surface area contributed by atoms with Crippen LogP contribution in [-0.2, 0) is 10.0 Å². The fourth-order valence-electron chi connectivity index (χ4n) is 1.09. The molecular weight excluding hydrogens is 214 g/mol. The van der Waals surface area contributed by atoms with Crippen LogP contribution in [0.15, 0.2) is 24.5 Å². The predicted molar refractivity (Wildman–Crippen MR) is 60.2 cm³/mol. The molecule has 0 aliphatic heterocycles. The fourth-order valence-corrected chi connectivity index (χ4v) is 2.20. The first-order chi connectivity index (χ1) is 7.14. The van der Waals surface area contributed by atoms with Crippen molar-refractivity contribution in [1.82, 2.24) is 10.3 Å². The number of pyridine rings is 1. The van der Waals surface area contributed by atoms with Crippen molar-refractivity contribution in [3.05, 3.63) is 24.5 Å². The van der Waals surface area contributed by atoms with Gasteiger partial charge >= 0.3 is 0 Å². The molecule has 0 unspecified atom stereocenters. The molecule has 0 bridgehead atoms. The van der Waals surface area contributed by atoms with Crippen molar-refractivity contribution in [3.8, 4) is 0 Å². The van der Waals surface area contributed by atoms with Gasteiger partial charge in [0.25, 0.3) is 0 Å². The lowest BCUT2D eigenvalue weighted by molar-refractivity contribution is 0.597. The summed E-state index contributed by atoms with van der Waals surface area (Å²) in [5, 5.41) is 2.90. The fraction of sp³-hybridized carbons (Fsp3) is 0.444. The average molecular weight is 229 g/mol. The SMILES string of the molecule is CNCCCS(=O)(=O)Nc1cccnc1. The highest BCUT2D eigenvalue weighted by Crippen LogP contribution is 2.06. The van der Waals surface area contributed by atoms with Crippen LogP contribution >= 0.6 is 0 Å². The number of hydrogen-bond acceptors (Lipinski definition) is 4. The molecule has 1 aromatic heterocycles. The Labute approximate surface area is 90.0 Å². The van der Waals surface area contributed by atoms with Crippen LogP contribution < -0.4 is 10.0 Å². The lowest BCUT2D eigenvalue weighted by Gasteiger charge is -2.06. The van der Waals surface area contributed by atoms with Gasteiger partial charge in [-0.05, 0) is 32.1 Å². The van der Waals surface area contributed by atoms with Gasteiger partial charge in [-0.1, -0.05) is 0 Å². The Kier molecular flexibility index (Phi) is 4.51. The van der Waals surface area contributed by atoms with E-state index in [1.165, 1.54) is 6.20 Å². The summed E-state index contributed by atoms with van der Waals surface area (Å²) in [6.07, 6.45) is 3.67. The molecule has 1 rings (SSSR count). The van der Waals surface area contributed by atoms with Gasteiger partial charge in [0.05, 0.1) is 17.6 Å². The summed E-state index contributed by atoms with van der Waals surface area (Å²) in [5.41, 5.74) is 0.502. The highest BCUT2D eigenvalue weighted by molar-refractivity contribution is 7.92. The third-order valence-corrected chi connectivity index (χ3v) is 3.15. The minimum absolute atomic E-state index is 0.114. The summed E-state index contributed by atoms with van der Waals surface area (Å²) in [7, 11) is -1.44. The van der Waals surface area contributed by atoms with Gasteiger partial charge in [-0.3, -0.25) is 9.71 Å². The number of sulfonamides is 1. The Balaban J connectivity index is 2.50. The number of anilines is 1. The summed E-state index contributed by atoms with van der Waals surface area (Å²) in [6, 6.07) is 3.36. The van der Waals surface area contributed by atoms with Gasteiger partial charge < -0.3 is 5.32 Å². The molecule has 0 saturated heterocycles. The van der Waals surface area contributed by atoms with Gasteiger partial charge in [0.15, 0.2) is 0 Å². The second-order valence-electron chi connectivity index (χ2n) is 3.12. The van der Waals surface area contributed by atoms with Crippen LogP contribution in [0.2, 0.25) is 0 Å². The Morgan fingerprint density at radius 1 is 1.47 bits per heavy atom. The van der Waals surface area contributed by atoms with Gasteiger partial charge in [0.1, 0.15) is 0 Å². The molecule has 0 aromatic carbocycles. The van der Waals surface area contributed by atoms with E-state index >= 15 is 0 Å². The van der Waals surface area contributed by atoms with Crippen LogP contribution in [0.25, 0.3) is 0 Å². The number of aromatic nitrogens is 1. The number of nitrogens with one attached hydrogen (secondary N) is 2. The first kappa shape index (κ1) is 11.9.